The lowest BCUT2D eigenvalue weighted by molar-refractivity contribution is 0.0965. The van der Waals surface area contributed by atoms with Crippen molar-refractivity contribution in [1.82, 2.24) is 19.8 Å². The summed E-state index contributed by atoms with van der Waals surface area (Å²) in [5.74, 6) is 0.706. The second kappa shape index (κ2) is 9.85. The predicted molar refractivity (Wildman–Crippen MR) is 122 cm³/mol. The second-order valence-electron chi connectivity index (χ2n) is 8.44. The van der Waals surface area contributed by atoms with Gasteiger partial charge in [-0.2, -0.15) is 0 Å². The Morgan fingerprint density at radius 3 is 2.70 bits per heavy atom. The van der Waals surface area contributed by atoms with E-state index in [0.29, 0.717) is 17.8 Å². The predicted octanol–water partition coefficient (Wildman–Crippen LogP) is 3.18. The minimum Gasteiger partial charge on any atom is -0.355 e. The van der Waals surface area contributed by atoms with Gasteiger partial charge in [-0.3, -0.25) is 14.7 Å². The summed E-state index contributed by atoms with van der Waals surface area (Å²) < 4.78 is 0. The third kappa shape index (κ3) is 5.17. The minimum atomic E-state index is -0.186. The first-order valence-electron chi connectivity index (χ1n) is 11.0. The minimum absolute atomic E-state index is 0.186. The summed E-state index contributed by atoms with van der Waals surface area (Å²) in [6.07, 6.45) is 5.32. The van der Waals surface area contributed by atoms with Crippen molar-refractivity contribution < 1.29 is 4.79 Å². The fourth-order valence-electron chi connectivity index (χ4n) is 4.48. The van der Waals surface area contributed by atoms with Crippen molar-refractivity contribution in [3.8, 4) is 0 Å². The van der Waals surface area contributed by atoms with Gasteiger partial charge in [0.15, 0.2) is 0 Å². The first-order chi connectivity index (χ1) is 14.6. The van der Waals surface area contributed by atoms with Crippen LogP contribution in [0, 0.1) is 0 Å². The molecule has 2 fully saturated rings. The Bertz CT molecular complexity index is 819. The van der Waals surface area contributed by atoms with Crippen LogP contribution in [0.25, 0.3) is 0 Å². The molecule has 0 atom stereocenters. The zero-order valence-corrected chi connectivity index (χ0v) is 18.8. The van der Waals surface area contributed by atoms with Gasteiger partial charge in [-0.05, 0) is 58.3 Å². The number of carbonyl (C=O) groups is 1. The van der Waals surface area contributed by atoms with Crippen LogP contribution < -0.4 is 10.2 Å². The van der Waals surface area contributed by atoms with E-state index in [9.17, 15) is 4.79 Å². The van der Waals surface area contributed by atoms with E-state index < -0.39 is 0 Å². The Morgan fingerprint density at radius 2 is 1.97 bits per heavy atom. The zero-order chi connectivity index (χ0) is 20.9. The molecule has 1 N–H and O–H groups in total. The van der Waals surface area contributed by atoms with Crippen LogP contribution in [0.5, 0.6) is 0 Å². The van der Waals surface area contributed by atoms with Gasteiger partial charge in [-0.15, -0.1) is 11.3 Å². The number of hydrogen-bond donors (Lipinski definition) is 1. The maximum absolute atomic E-state index is 12.5. The summed E-state index contributed by atoms with van der Waals surface area (Å²) in [4.78, 5) is 28.8. The lowest BCUT2D eigenvalue weighted by atomic mass is 10.0. The standard InChI is InChI=1S/C22H32N6OS/c1-17(2)26-11-7-18(8-12-26)27-9-4-10-28(14-13-27)20-6-3-5-19(24-20)22(29)25-21-15-23-16-30-21/h3,5-6,15-18H,4,7-14H2,1-2H3,(H,25,29). The number of amides is 1. The Hall–Kier alpha value is -2.03. The van der Waals surface area contributed by atoms with E-state index in [-0.39, 0.29) is 5.91 Å². The van der Waals surface area contributed by atoms with Gasteiger partial charge in [-0.25, -0.2) is 4.98 Å². The summed E-state index contributed by atoms with van der Waals surface area (Å²) >= 11 is 1.41. The third-order valence-corrected chi connectivity index (χ3v) is 6.92. The molecule has 2 aliphatic heterocycles. The maximum atomic E-state index is 12.5. The Labute approximate surface area is 183 Å². The normalized spacial score (nSPS) is 19.8. The highest BCUT2D eigenvalue weighted by Gasteiger charge is 2.27. The fourth-order valence-corrected chi connectivity index (χ4v) is 4.99. The highest BCUT2D eigenvalue weighted by molar-refractivity contribution is 7.14. The molecule has 4 rings (SSSR count). The molecule has 8 heteroatoms. The number of anilines is 2. The molecule has 0 saturated carbocycles. The molecule has 2 aliphatic rings. The van der Waals surface area contributed by atoms with Crippen molar-refractivity contribution in [2.75, 3.05) is 49.5 Å². The van der Waals surface area contributed by atoms with Crippen molar-refractivity contribution in [3.05, 3.63) is 35.6 Å². The molecule has 0 spiro atoms. The largest absolute Gasteiger partial charge is 0.355 e. The van der Waals surface area contributed by atoms with Gasteiger partial charge in [0.25, 0.3) is 5.91 Å². The van der Waals surface area contributed by atoms with Gasteiger partial charge >= 0.3 is 0 Å². The smallest absolute Gasteiger partial charge is 0.274 e. The molecule has 2 saturated heterocycles. The number of likely N-dealkylation sites (tertiary alicyclic amines) is 1. The van der Waals surface area contributed by atoms with Gasteiger partial charge in [-0.1, -0.05) is 6.07 Å². The van der Waals surface area contributed by atoms with Crippen molar-refractivity contribution in [2.45, 2.75) is 45.2 Å². The number of carbonyl (C=O) groups excluding carboxylic acids is 1. The average Bonchev–Trinajstić information content (AvgIpc) is 3.15. The van der Waals surface area contributed by atoms with Crippen LogP contribution >= 0.6 is 11.3 Å². The Balaban J connectivity index is 1.35. The SMILES string of the molecule is CC(C)N1CCC(N2CCCN(c3cccc(C(=O)Nc4cncs4)n3)CC2)CC1. The van der Waals surface area contributed by atoms with Gasteiger partial charge < -0.3 is 15.1 Å². The fraction of sp³-hybridized carbons (Fsp3) is 0.591. The highest BCUT2D eigenvalue weighted by Crippen LogP contribution is 2.22. The van der Waals surface area contributed by atoms with E-state index in [2.05, 4.69) is 43.8 Å². The third-order valence-electron chi connectivity index (χ3n) is 6.24. The van der Waals surface area contributed by atoms with E-state index in [1.165, 1.54) is 37.3 Å². The van der Waals surface area contributed by atoms with Crippen LogP contribution in [0.1, 0.15) is 43.6 Å². The number of nitrogens with one attached hydrogen (secondary N) is 1. The van der Waals surface area contributed by atoms with Gasteiger partial charge in [0.1, 0.15) is 16.5 Å². The Kier molecular flexibility index (Phi) is 6.97. The van der Waals surface area contributed by atoms with E-state index in [1.807, 2.05) is 12.1 Å². The molecule has 0 aliphatic carbocycles. The van der Waals surface area contributed by atoms with Crippen LogP contribution in [0.15, 0.2) is 29.9 Å². The van der Waals surface area contributed by atoms with Gasteiger partial charge in [0.2, 0.25) is 0 Å². The highest BCUT2D eigenvalue weighted by atomic mass is 32.1. The van der Waals surface area contributed by atoms with E-state index >= 15 is 0 Å². The van der Waals surface area contributed by atoms with Crippen molar-refractivity contribution in [3.63, 3.8) is 0 Å². The van der Waals surface area contributed by atoms with E-state index in [1.54, 1.807) is 17.8 Å². The summed E-state index contributed by atoms with van der Waals surface area (Å²) in [7, 11) is 0. The molecule has 0 radical (unpaired) electrons. The number of hydrogen-bond acceptors (Lipinski definition) is 7. The average molecular weight is 429 g/mol. The number of thiazole rings is 1. The first-order valence-corrected chi connectivity index (χ1v) is 11.9. The van der Waals surface area contributed by atoms with Crippen LogP contribution in [0.2, 0.25) is 0 Å². The monoisotopic (exact) mass is 428 g/mol. The Morgan fingerprint density at radius 1 is 1.13 bits per heavy atom. The van der Waals surface area contributed by atoms with Crippen LogP contribution in [0.3, 0.4) is 0 Å². The molecule has 0 bridgehead atoms. The molecular formula is C22H32N6OS. The molecule has 4 heterocycles. The molecule has 2 aromatic heterocycles. The number of pyridine rings is 1. The molecular weight excluding hydrogens is 396 g/mol. The molecule has 1 amide bonds. The number of rotatable bonds is 5. The molecule has 7 nitrogen and oxygen atoms in total. The quantitative estimate of drug-likeness (QED) is 0.789. The summed E-state index contributed by atoms with van der Waals surface area (Å²) in [6.45, 7) is 11.2. The molecule has 162 valence electrons. The number of aromatic nitrogens is 2. The topological polar surface area (TPSA) is 64.6 Å². The lowest BCUT2D eigenvalue weighted by Crippen LogP contribution is -2.47. The second-order valence-corrected chi connectivity index (χ2v) is 9.32. The molecule has 2 aromatic rings. The summed E-state index contributed by atoms with van der Waals surface area (Å²) in [6, 6.07) is 7.06. The van der Waals surface area contributed by atoms with Crippen LogP contribution in [0.4, 0.5) is 10.8 Å². The number of piperidine rings is 1. The van der Waals surface area contributed by atoms with E-state index in [0.717, 1.165) is 43.4 Å². The zero-order valence-electron chi connectivity index (χ0n) is 18.0. The molecule has 0 aromatic carbocycles. The van der Waals surface area contributed by atoms with Crippen molar-refractivity contribution >= 4 is 28.1 Å². The molecule has 30 heavy (non-hydrogen) atoms. The summed E-state index contributed by atoms with van der Waals surface area (Å²) in [5.41, 5.74) is 2.15. The number of nitrogens with zero attached hydrogens (tertiary/aromatic N) is 5. The first kappa shape index (κ1) is 21.2. The van der Waals surface area contributed by atoms with Crippen LogP contribution in [-0.4, -0.2) is 77.0 Å². The lowest BCUT2D eigenvalue weighted by Gasteiger charge is -2.39. The van der Waals surface area contributed by atoms with Crippen molar-refractivity contribution in [1.29, 1.82) is 0 Å². The summed E-state index contributed by atoms with van der Waals surface area (Å²) in [5, 5.41) is 3.60. The van der Waals surface area contributed by atoms with Crippen LogP contribution in [-0.2, 0) is 0 Å². The maximum Gasteiger partial charge on any atom is 0.274 e. The van der Waals surface area contributed by atoms with E-state index in [4.69, 9.17) is 0 Å². The van der Waals surface area contributed by atoms with Gasteiger partial charge in [0, 0.05) is 38.3 Å². The van der Waals surface area contributed by atoms with Crippen molar-refractivity contribution in [2.24, 2.45) is 0 Å². The molecule has 0 unspecified atom stereocenters. The van der Waals surface area contributed by atoms with Gasteiger partial charge in [0.05, 0.1) is 11.7 Å².